The topological polar surface area (TPSA) is 26.3 Å². The van der Waals surface area contributed by atoms with Gasteiger partial charge in [0.2, 0.25) is 0 Å². The Balaban J connectivity index is 1.79. The first kappa shape index (κ1) is 21.0. The van der Waals surface area contributed by atoms with Gasteiger partial charge in [-0.2, -0.15) is 0 Å². The molecular weight excluding hydrogens is 392 g/mol. The lowest BCUT2D eigenvalue weighted by Crippen LogP contribution is -2.32. The van der Waals surface area contributed by atoms with Gasteiger partial charge in [0, 0.05) is 29.9 Å². The Morgan fingerprint density at radius 3 is 2.44 bits per heavy atom. The number of ether oxygens (including phenoxy) is 1. The number of benzene rings is 1. The number of Topliss-reactive ketones (excluding diaryl/α,β-unsaturated/α-hetero) is 1. The van der Waals surface area contributed by atoms with E-state index in [0.717, 1.165) is 29.1 Å². The molecule has 2 heteroatoms. The van der Waals surface area contributed by atoms with Gasteiger partial charge in [-0.3, -0.25) is 4.79 Å². The van der Waals surface area contributed by atoms with E-state index in [4.69, 9.17) is 4.74 Å². The average molecular weight is 425 g/mol. The van der Waals surface area contributed by atoms with E-state index in [2.05, 4.69) is 77.9 Å². The standard InChI is InChI=1S/C30H32O2/c1-17(2)20-12-11-18(3)27-22(14-20)19(4)13-23(27)28-21-9-7-8-10-25(21)32-26-16-30(5,6)15-24(31)29(26)28/h7-14,17,28H,15-16H2,1-6H3. The third kappa shape index (κ3) is 3.28. The van der Waals surface area contributed by atoms with Crippen molar-refractivity contribution in [2.75, 3.05) is 0 Å². The Kier molecular flexibility index (Phi) is 4.81. The molecule has 1 heterocycles. The van der Waals surface area contributed by atoms with Crippen LogP contribution < -0.4 is 4.74 Å². The van der Waals surface area contributed by atoms with Crippen molar-refractivity contribution in [2.24, 2.45) is 5.41 Å². The van der Waals surface area contributed by atoms with E-state index in [1.54, 1.807) is 0 Å². The van der Waals surface area contributed by atoms with Gasteiger partial charge in [0.05, 0.1) is 0 Å². The molecule has 0 saturated carbocycles. The second-order valence-corrected chi connectivity index (χ2v) is 10.7. The summed E-state index contributed by atoms with van der Waals surface area (Å²) < 4.78 is 6.37. The number of fused-ring (bicyclic) bond motifs is 2. The summed E-state index contributed by atoms with van der Waals surface area (Å²) in [6, 6.07) is 17.4. The molecule has 1 aromatic carbocycles. The van der Waals surface area contributed by atoms with Crippen molar-refractivity contribution in [3.63, 3.8) is 0 Å². The Hall–Kier alpha value is -2.87. The van der Waals surface area contributed by atoms with Gasteiger partial charge in [-0.15, -0.1) is 0 Å². The van der Waals surface area contributed by atoms with E-state index in [0.29, 0.717) is 12.3 Å². The van der Waals surface area contributed by atoms with Crippen LogP contribution in [0.15, 0.2) is 59.9 Å². The highest BCUT2D eigenvalue weighted by atomic mass is 16.5. The zero-order chi connectivity index (χ0) is 22.8. The highest BCUT2D eigenvalue weighted by Gasteiger charge is 2.43. The van der Waals surface area contributed by atoms with Gasteiger partial charge in [0.25, 0.3) is 0 Å². The zero-order valence-corrected chi connectivity index (χ0v) is 20.0. The summed E-state index contributed by atoms with van der Waals surface area (Å²) in [7, 11) is 0. The van der Waals surface area contributed by atoms with Crippen LogP contribution >= 0.6 is 0 Å². The SMILES string of the molecule is Cc1cc(C2C3=C(CC(C)(C)CC3=O)Oc3ccccc32)c2c(C)ccc(C(C)C)cc1-2. The summed E-state index contributed by atoms with van der Waals surface area (Å²) in [5.74, 6) is 2.35. The van der Waals surface area contributed by atoms with Gasteiger partial charge in [0.1, 0.15) is 11.5 Å². The molecule has 1 atom stereocenters. The lowest BCUT2D eigenvalue weighted by Gasteiger charge is -2.38. The maximum atomic E-state index is 13.5. The van der Waals surface area contributed by atoms with E-state index in [1.807, 2.05) is 12.1 Å². The first-order valence-electron chi connectivity index (χ1n) is 11.7. The number of carbonyl (C=O) groups excluding carboxylic acids is 1. The maximum absolute atomic E-state index is 13.5. The van der Waals surface area contributed by atoms with Gasteiger partial charge in [-0.1, -0.05) is 70.2 Å². The van der Waals surface area contributed by atoms with Crippen molar-refractivity contribution in [1.82, 2.24) is 0 Å². The molecule has 0 amide bonds. The highest BCUT2D eigenvalue weighted by Crippen LogP contribution is 2.53. The van der Waals surface area contributed by atoms with Crippen LogP contribution in [0.5, 0.6) is 5.75 Å². The third-order valence-corrected chi connectivity index (χ3v) is 7.19. The fourth-order valence-electron chi connectivity index (χ4n) is 5.58. The van der Waals surface area contributed by atoms with Crippen LogP contribution in [0.4, 0.5) is 0 Å². The number of allylic oxidation sites excluding steroid dienone is 2. The number of carbonyl (C=O) groups is 1. The van der Waals surface area contributed by atoms with Crippen molar-refractivity contribution in [2.45, 2.75) is 66.2 Å². The average Bonchev–Trinajstić information content (AvgIpc) is 2.92. The van der Waals surface area contributed by atoms with E-state index in [-0.39, 0.29) is 17.1 Å². The molecule has 1 aromatic rings. The Morgan fingerprint density at radius 2 is 1.69 bits per heavy atom. The summed E-state index contributed by atoms with van der Waals surface area (Å²) in [5, 5.41) is 0. The Morgan fingerprint density at radius 1 is 0.938 bits per heavy atom. The van der Waals surface area contributed by atoms with Crippen LogP contribution in [0.1, 0.15) is 80.2 Å². The summed E-state index contributed by atoms with van der Waals surface area (Å²) in [5.41, 5.74) is 9.55. The van der Waals surface area contributed by atoms with Gasteiger partial charge < -0.3 is 4.74 Å². The molecule has 2 nitrogen and oxygen atoms in total. The number of rotatable bonds is 2. The largest absolute Gasteiger partial charge is 0.461 e. The molecule has 5 rings (SSSR count). The summed E-state index contributed by atoms with van der Waals surface area (Å²) >= 11 is 0. The molecule has 164 valence electrons. The number of hydrogen-bond acceptors (Lipinski definition) is 2. The van der Waals surface area contributed by atoms with Crippen LogP contribution in [0.2, 0.25) is 0 Å². The van der Waals surface area contributed by atoms with Crippen LogP contribution in [0.3, 0.4) is 0 Å². The monoisotopic (exact) mass is 424 g/mol. The quantitative estimate of drug-likeness (QED) is 0.421. The minimum absolute atomic E-state index is 0.0781. The van der Waals surface area contributed by atoms with Crippen LogP contribution in [0, 0.1) is 19.3 Å². The van der Waals surface area contributed by atoms with Gasteiger partial charge in [0.15, 0.2) is 5.78 Å². The van der Waals surface area contributed by atoms with E-state index >= 15 is 0 Å². The normalized spacial score (nSPS) is 19.7. The molecule has 0 aromatic heterocycles. The van der Waals surface area contributed by atoms with Crippen molar-refractivity contribution < 1.29 is 9.53 Å². The van der Waals surface area contributed by atoms with Crippen LogP contribution in [0.25, 0.3) is 11.1 Å². The summed E-state index contributed by atoms with van der Waals surface area (Å²) in [6.07, 6.45) is 1.36. The first-order valence-corrected chi connectivity index (χ1v) is 11.7. The van der Waals surface area contributed by atoms with E-state index < -0.39 is 0 Å². The Bertz CT molecular complexity index is 1240. The summed E-state index contributed by atoms with van der Waals surface area (Å²) in [4.78, 5) is 13.5. The van der Waals surface area contributed by atoms with Gasteiger partial charge >= 0.3 is 0 Å². The number of aryl methyl sites for hydroxylation is 2. The minimum atomic E-state index is -0.0849. The lowest BCUT2D eigenvalue weighted by molar-refractivity contribution is -0.118. The van der Waals surface area contributed by atoms with Crippen molar-refractivity contribution in [3.8, 4) is 16.9 Å². The van der Waals surface area contributed by atoms with Crippen molar-refractivity contribution in [1.29, 1.82) is 0 Å². The Labute approximate surface area is 191 Å². The van der Waals surface area contributed by atoms with Crippen LogP contribution in [-0.2, 0) is 4.79 Å². The molecule has 1 aliphatic heterocycles. The second-order valence-electron chi connectivity index (χ2n) is 10.7. The molecule has 0 bridgehead atoms. The third-order valence-electron chi connectivity index (χ3n) is 7.19. The minimum Gasteiger partial charge on any atom is -0.461 e. The number of hydrogen-bond donors (Lipinski definition) is 0. The second kappa shape index (κ2) is 7.33. The smallest absolute Gasteiger partial charge is 0.163 e. The molecular formula is C30H32O2. The van der Waals surface area contributed by atoms with E-state index in [1.165, 1.54) is 33.4 Å². The highest BCUT2D eigenvalue weighted by molar-refractivity contribution is 6.01. The first-order chi connectivity index (χ1) is 15.2. The zero-order valence-electron chi connectivity index (χ0n) is 20.0. The molecule has 0 radical (unpaired) electrons. The fraction of sp³-hybridized carbons (Fsp3) is 0.367. The molecule has 0 saturated heterocycles. The molecule has 0 fully saturated rings. The number of para-hydroxylation sites is 1. The molecule has 0 N–H and O–H groups in total. The molecule has 1 unspecified atom stereocenters. The number of ketones is 1. The van der Waals surface area contributed by atoms with Crippen molar-refractivity contribution >= 4 is 5.78 Å². The van der Waals surface area contributed by atoms with Gasteiger partial charge in [-0.25, -0.2) is 0 Å². The fourth-order valence-corrected chi connectivity index (χ4v) is 5.58. The van der Waals surface area contributed by atoms with Gasteiger partial charge in [-0.05, 0) is 64.6 Å². The predicted octanol–water partition coefficient (Wildman–Crippen LogP) is 7.70. The van der Waals surface area contributed by atoms with Crippen molar-refractivity contribution in [3.05, 3.63) is 87.7 Å². The predicted molar refractivity (Wildman–Crippen MR) is 131 cm³/mol. The van der Waals surface area contributed by atoms with E-state index in [9.17, 15) is 4.79 Å². The molecule has 3 aliphatic carbocycles. The maximum Gasteiger partial charge on any atom is 0.163 e. The van der Waals surface area contributed by atoms with Crippen LogP contribution in [-0.4, -0.2) is 5.78 Å². The summed E-state index contributed by atoms with van der Waals surface area (Å²) in [6.45, 7) is 13.2. The molecule has 0 spiro atoms. The molecule has 4 aliphatic rings. The lowest BCUT2D eigenvalue weighted by atomic mass is 9.69. The molecule has 32 heavy (non-hydrogen) atoms.